The van der Waals surface area contributed by atoms with E-state index in [1.165, 1.54) is 30.0 Å². The molecule has 35 heavy (non-hydrogen) atoms. The summed E-state index contributed by atoms with van der Waals surface area (Å²) in [5.74, 6) is 1.29. The standard InChI is InChI=1S/C25H24FN5O3S/c26-17-8-11-20-19(14-17)22(33)29-25(28-20)35-13-12-21(32)27-18-9-6-16(7-10-18)24-31-30-23(34-24)15-4-2-1-3-5-15/h1-5,8,11,14,16-18H,6-7,9-10,12-13H2,(H,27,32). The number of nitrogens with zero attached hydrogens (tertiary/aromatic N) is 4. The van der Waals surface area contributed by atoms with Gasteiger partial charge in [-0.15, -0.1) is 10.2 Å². The number of benzene rings is 1. The molecule has 2 aliphatic carbocycles. The Morgan fingerprint density at radius 2 is 1.91 bits per heavy atom. The zero-order chi connectivity index (χ0) is 24.2. The van der Waals surface area contributed by atoms with E-state index in [4.69, 9.17) is 4.42 Å². The maximum atomic E-state index is 13.4. The van der Waals surface area contributed by atoms with Crippen molar-refractivity contribution >= 4 is 34.5 Å². The predicted octanol–water partition coefficient (Wildman–Crippen LogP) is 4.17. The second-order valence-corrected chi connectivity index (χ2v) is 9.67. The summed E-state index contributed by atoms with van der Waals surface area (Å²) in [6.45, 7) is 0. The molecule has 2 aromatic rings. The number of halogens is 1. The van der Waals surface area contributed by atoms with Crippen LogP contribution in [0.4, 0.5) is 4.39 Å². The lowest BCUT2D eigenvalue weighted by Crippen LogP contribution is -2.37. The minimum absolute atomic E-state index is 0.0427. The number of amides is 2. The molecule has 3 aliphatic rings. The molecule has 2 heterocycles. The van der Waals surface area contributed by atoms with E-state index in [0.29, 0.717) is 28.4 Å². The average molecular weight is 494 g/mol. The number of carbonyl (C=O) groups excluding carboxylic acids is 2. The Hall–Kier alpha value is -3.40. The van der Waals surface area contributed by atoms with Gasteiger partial charge in [0.25, 0.3) is 5.91 Å². The molecule has 0 radical (unpaired) electrons. The second-order valence-electron chi connectivity index (χ2n) is 8.61. The third kappa shape index (κ3) is 5.64. The molecule has 0 spiro atoms. The van der Waals surface area contributed by atoms with E-state index >= 15 is 0 Å². The topological polar surface area (TPSA) is 110 Å². The fourth-order valence-corrected chi connectivity index (χ4v) is 5.09. The van der Waals surface area contributed by atoms with Gasteiger partial charge >= 0.3 is 0 Å². The maximum absolute atomic E-state index is 13.4. The average Bonchev–Trinajstić information content (AvgIpc) is 3.36. The van der Waals surface area contributed by atoms with E-state index < -0.39 is 12.1 Å². The molecule has 1 aromatic carbocycles. The lowest BCUT2D eigenvalue weighted by atomic mass is 9.86. The number of fused-ring (bicyclic) bond motifs is 1. The molecule has 1 fully saturated rings. The van der Waals surface area contributed by atoms with E-state index in [9.17, 15) is 14.0 Å². The van der Waals surface area contributed by atoms with Crippen LogP contribution in [0.2, 0.25) is 0 Å². The van der Waals surface area contributed by atoms with Crippen molar-refractivity contribution in [1.29, 1.82) is 0 Å². The second kappa shape index (κ2) is 10.5. The van der Waals surface area contributed by atoms with Crippen LogP contribution in [0.5, 0.6) is 0 Å². The number of nitrogens with one attached hydrogen (secondary N) is 1. The van der Waals surface area contributed by atoms with Crippen molar-refractivity contribution in [2.45, 2.75) is 50.2 Å². The molecule has 5 rings (SSSR count). The van der Waals surface area contributed by atoms with Crippen LogP contribution in [-0.2, 0) is 9.59 Å². The molecule has 8 nitrogen and oxygen atoms in total. The first-order chi connectivity index (χ1) is 17.0. The Bertz CT molecular complexity index is 1230. The number of hydrogen-bond acceptors (Lipinski definition) is 7. The summed E-state index contributed by atoms with van der Waals surface area (Å²) < 4.78 is 19.3. The van der Waals surface area contributed by atoms with Crippen molar-refractivity contribution in [2.75, 3.05) is 5.75 Å². The molecule has 1 aliphatic heterocycles. The van der Waals surface area contributed by atoms with Crippen LogP contribution in [0.1, 0.15) is 43.9 Å². The van der Waals surface area contributed by atoms with Gasteiger partial charge in [-0.25, -0.2) is 9.38 Å². The number of thioether (sulfide) groups is 1. The highest BCUT2D eigenvalue weighted by Gasteiger charge is 2.28. The van der Waals surface area contributed by atoms with Crippen LogP contribution < -0.4 is 5.32 Å². The van der Waals surface area contributed by atoms with Crippen LogP contribution in [0.15, 0.2) is 68.5 Å². The van der Waals surface area contributed by atoms with Crippen molar-refractivity contribution in [1.82, 2.24) is 15.5 Å². The molecule has 0 bridgehead atoms. The monoisotopic (exact) mass is 493 g/mol. The number of carbonyl (C=O) groups is 2. The number of amidine groups is 1. The van der Waals surface area contributed by atoms with E-state index in [2.05, 4.69) is 25.5 Å². The Balaban J connectivity index is 1.05. The number of hydrogen-bond donors (Lipinski definition) is 1. The van der Waals surface area contributed by atoms with Gasteiger partial charge < -0.3 is 9.73 Å². The third-order valence-corrected chi connectivity index (χ3v) is 7.00. The summed E-state index contributed by atoms with van der Waals surface area (Å²) in [6, 6.07) is 9.81. The summed E-state index contributed by atoms with van der Waals surface area (Å²) in [4.78, 5) is 32.7. The summed E-state index contributed by atoms with van der Waals surface area (Å²) in [6.07, 6.45) is 6.48. The van der Waals surface area contributed by atoms with E-state index in [0.717, 1.165) is 31.2 Å². The van der Waals surface area contributed by atoms with Crippen LogP contribution in [0.25, 0.3) is 11.5 Å². The van der Waals surface area contributed by atoms with Crippen molar-refractivity contribution in [2.24, 2.45) is 9.98 Å². The van der Waals surface area contributed by atoms with Gasteiger partial charge in [-0.2, -0.15) is 4.99 Å². The maximum Gasteiger partial charge on any atom is 0.281 e. The molecular formula is C25H24FN5O3S. The van der Waals surface area contributed by atoms with Crippen molar-refractivity contribution in [3.63, 3.8) is 0 Å². The lowest BCUT2D eigenvalue weighted by Gasteiger charge is -2.27. The molecule has 1 saturated carbocycles. The lowest BCUT2D eigenvalue weighted by molar-refractivity contribution is -0.121. The highest BCUT2D eigenvalue weighted by Crippen LogP contribution is 2.33. The summed E-state index contributed by atoms with van der Waals surface area (Å²) in [7, 11) is 0. The number of aliphatic imine (C=N–C) groups is 2. The largest absolute Gasteiger partial charge is 0.420 e. The first kappa shape index (κ1) is 23.3. The highest BCUT2D eigenvalue weighted by molar-refractivity contribution is 8.13. The Labute approximate surface area is 205 Å². The van der Waals surface area contributed by atoms with Gasteiger partial charge in [0.2, 0.25) is 17.7 Å². The minimum atomic E-state index is -1.30. The molecular weight excluding hydrogens is 469 g/mol. The molecule has 1 unspecified atom stereocenters. The number of rotatable bonds is 6. The molecule has 10 heteroatoms. The third-order valence-electron chi connectivity index (χ3n) is 6.15. The van der Waals surface area contributed by atoms with E-state index in [-0.39, 0.29) is 29.9 Å². The fourth-order valence-electron chi connectivity index (χ4n) is 4.31. The van der Waals surface area contributed by atoms with Crippen molar-refractivity contribution in [3.8, 4) is 11.5 Å². The van der Waals surface area contributed by atoms with Gasteiger partial charge in [-0.1, -0.05) is 30.0 Å². The van der Waals surface area contributed by atoms with Gasteiger partial charge in [0.1, 0.15) is 6.17 Å². The minimum Gasteiger partial charge on any atom is -0.420 e. The molecule has 1 N–H and O–H groups in total. The van der Waals surface area contributed by atoms with Gasteiger partial charge in [-0.05, 0) is 56.0 Å². The van der Waals surface area contributed by atoms with Gasteiger partial charge in [0.15, 0.2) is 5.17 Å². The van der Waals surface area contributed by atoms with Gasteiger partial charge in [0.05, 0.1) is 11.3 Å². The predicted molar refractivity (Wildman–Crippen MR) is 132 cm³/mol. The summed E-state index contributed by atoms with van der Waals surface area (Å²) in [5.41, 5.74) is 1.51. The van der Waals surface area contributed by atoms with Crippen LogP contribution in [-0.4, -0.2) is 50.9 Å². The molecule has 0 saturated heterocycles. The van der Waals surface area contributed by atoms with E-state index in [1.54, 1.807) is 0 Å². The number of aromatic nitrogens is 2. The zero-order valence-corrected chi connectivity index (χ0v) is 19.7. The Kier molecular flexibility index (Phi) is 6.98. The Morgan fingerprint density at radius 3 is 2.71 bits per heavy atom. The molecule has 2 amide bonds. The molecule has 1 atom stereocenters. The first-order valence-electron chi connectivity index (χ1n) is 11.6. The summed E-state index contributed by atoms with van der Waals surface area (Å²) >= 11 is 1.24. The van der Waals surface area contributed by atoms with Gasteiger partial charge in [-0.3, -0.25) is 9.59 Å². The van der Waals surface area contributed by atoms with Crippen molar-refractivity contribution in [3.05, 3.63) is 60.0 Å². The normalized spacial score (nSPS) is 23.7. The summed E-state index contributed by atoms with van der Waals surface area (Å²) in [5, 5.41) is 11.8. The number of alkyl halides is 1. The Morgan fingerprint density at radius 1 is 1.11 bits per heavy atom. The van der Waals surface area contributed by atoms with Crippen LogP contribution in [0.3, 0.4) is 0 Å². The fraction of sp³-hybridized carbons (Fsp3) is 0.360. The van der Waals surface area contributed by atoms with E-state index in [1.807, 2.05) is 30.3 Å². The quantitative estimate of drug-likeness (QED) is 0.647. The van der Waals surface area contributed by atoms with Crippen molar-refractivity contribution < 1.29 is 18.4 Å². The zero-order valence-electron chi connectivity index (χ0n) is 18.9. The van der Waals surface area contributed by atoms with Crippen LogP contribution >= 0.6 is 11.8 Å². The molecule has 180 valence electrons. The SMILES string of the molecule is O=C(CCSC1=NC(=O)C2=CC(F)C=CC2=N1)NC1CCC(c2nnc(-c3ccccc3)o2)CC1. The number of allylic oxidation sites excluding steroid dienone is 3. The first-order valence-corrected chi connectivity index (χ1v) is 12.6. The highest BCUT2D eigenvalue weighted by atomic mass is 32.2. The van der Waals surface area contributed by atoms with Crippen LogP contribution in [0, 0.1) is 0 Å². The molecule has 1 aromatic heterocycles. The smallest absolute Gasteiger partial charge is 0.281 e. The van der Waals surface area contributed by atoms with Gasteiger partial charge in [0, 0.05) is 29.7 Å².